The van der Waals surface area contributed by atoms with Gasteiger partial charge < -0.3 is 14.1 Å². The Morgan fingerprint density at radius 2 is 1.88 bits per heavy atom. The first-order chi connectivity index (χ1) is 12.6. The summed E-state index contributed by atoms with van der Waals surface area (Å²) in [6.45, 7) is 1.18. The number of hydrogen-bond acceptors (Lipinski definition) is 5. The van der Waals surface area contributed by atoms with Crippen LogP contribution in [0.1, 0.15) is 29.2 Å². The average Bonchev–Trinajstić information content (AvgIpc) is 3.33. The molecule has 0 bridgehead atoms. The molecule has 1 unspecified atom stereocenters. The summed E-state index contributed by atoms with van der Waals surface area (Å²) in [4.78, 5) is 26.3. The first-order valence-corrected chi connectivity index (χ1v) is 8.28. The van der Waals surface area contributed by atoms with Gasteiger partial charge in [-0.2, -0.15) is 5.26 Å². The molecule has 1 aliphatic heterocycles. The van der Waals surface area contributed by atoms with Gasteiger partial charge in [0.1, 0.15) is 23.9 Å². The number of ketones is 1. The minimum absolute atomic E-state index is 0.0379. The number of nitrogens with zero attached hydrogens (tertiary/aromatic N) is 2. The van der Waals surface area contributed by atoms with Crippen molar-refractivity contribution >= 4 is 11.7 Å². The van der Waals surface area contributed by atoms with Crippen LogP contribution in [0.4, 0.5) is 4.39 Å². The number of Topliss-reactive ketones (excluding diaryl/α,β-unsaturated/α-hetero) is 1. The minimum Gasteiger partial charge on any atom is -0.486 e. The number of likely N-dealkylation sites (tertiary alicyclic amines) is 1. The minimum atomic E-state index is -1.40. The van der Waals surface area contributed by atoms with Crippen molar-refractivity contribution in [3.05, 3.63) is 53.7 Å². The molecule has 7 heteroatoms. The first-order valence-electron chi connectivity index (χ1n) is 8.28. The van der Waals surface area contributed by atoms with E-state index in [1.807, 2.05) is 0 Å². The maximum Gasteiger partial charge on any atom is 0.248 e. The van der Waals surface area contributed by atoms with E-state index in [0.29, 0.717) is 24.6 Å². The van der Waals surface area contributed by atoms with Gasteiger partial charge in [-0.25, -0.2) is 4.39 Å². The molecule has 1 atom stereocenters. The van der Waals surface area contributed by atoms with Crippen LogP contribution in [-0.2, 0) is 11.4 Å². The summed E-state index contributed by atoms with van der Waals surface area (Å²) in [6, 6.07) is 10.3. The van der Waals surface area contributed by atoms with Crippen LogP contribution in [0, 0.1) is 23.1 Å². The molecule has 0 N–H and O–H groups in total. The molecule has 0 aliphatic carbocycles. The fraction of sp³-hybridized carbons (Fsp3) is 0.316. The van der Waals surface area contributed by atoms with Crippen LogP contribution in [0.2, 0.25) is 0 Å². The summed E-state index contributed by atoms with van der Waals surface area (Å²) in [5.74, 6) is -2.13. The van der Waals surface area contributed by atoms with Gasteiger partial charge in [-0.15, -0.1) is 0 Å². The van der Waals surface area contributed by atoms with Gasteiger partial charge in [0.05, 0.1) is 6.07 Å². The third kappa shape index (κ3) is 3.91. The highest BCUT2D eigenvalue weighted by Crippen LogP contribution is 2.19. The zero-order valence-electron chi connectivity index (χ0n) is 14.0. The molecule has 0 saturated carbocycles. The van der Waals surface area contributed by atoms with Crippen molar-refractivity contribution in [1.82, 2.24) is 4.90 Å². The summed E-state index contributed by atoms with van der Waals surface area (Å²) in [6.07, 6.45) is 1.76. The lowest BCUT2D eigenvalue weighted by Gasteiger charge is -2.17. The Balaban J connectivity index is 1.63. The number of rotatable bonds is 6. The Morgan fingerprint density at radius 3 is 2.54 bits per heavy atom. The number of halogens is 1. The summed E-state index contributed by atoms with van der Waals surface area (Å²) in [5.41, 5.74) is 0. The van der Waals surface area contributed by atoms with E-state index in [9.17, 15) is 19.2 Å². The molecule has 26 heavy (non-hydrogen) atoms. The van der Waals surface area contributed by atoms with Gasteiger partial charge in [0.2, 0.25) is 11.7 Å². The second-order valence-corrected chi connectivity index (χ2v) is 5.97. The average molecular weight is 356 g/mol. The molecule has 3 rings (SSSR count). The largest absolute Gasteiger partial charge is 0.486 e. The Labute approximate surface area is 149 Å². The lowest BCUT2D eigenvalue weighted by molar-refractivity contribution is -0.131. The van der Waals surface area contributed by atoms with E-state index in [0.717, 1.165) is 12.8 Å². The number of nitriles is 1. The molecule has 1 aromatic heterocycles. The van der Waals surface area contributed by atoms with Gasteiger partial charge in [-0.3, -0.25) is 9.59 Å². The van der Waals surface area contributed by atoms with E-state index >= 15 is 0 Å². The number of carbonyl (C=O) groups excluding carboxylic acids is 2. The van der Waals surface area contributed by atoms with E-state index in [2.05, 4.69) is 0 Å². The SMILES string of the molecule is N#CC(C(=O)c1ccc(COc2ccc(F)cc2)o1)C(=O)N1CCCC1. The van der Waals surface area contributed by atoms with Crippen molar-refractivity contribution < 1.29 is 23.1 Å². The van der Waals surface area contributed by atoms with Gasteiger partial charge in [0.25, 0.3) is 0 Å². The predicted molar refractivity (Wildman–Crippen MR) is 88.7 cm³/mol. The van der Waals surface area contributed by atoms with Crippen molar-refractivity contribution in [1.29, 1.82) is 5.26 Å². The highest BCUT2D eigenvalue weighted by atomic mass is 19.1. The third-order valence-corrected chi connectivity index (χ3v) is 4.16. The van der Waals surface area contributed by atoms with Gasteiger partial charge >= 0.3 is 0 Å². The normalized spacial score (nSPS) is 14.7. The summed E-state index contributed by atoms with van der Waals surface area (Å²) >= 11 is 0. The van der Waals surface area contributed by atoms with Gasteiger partial charge in [0.15, 0.2) is 11.7 Å². The zero-order valence-corrected chi connectivity index (χ0v) is 14.0. The lowest BCUT2D eigenvalue weighted by atomic mass is 10.0. The molecule has 1 saturated heterocycles. The van der Waals surface area contributed by atoms with Crippen molar-refractivity contribution in [2.24, 2.45) is 5.92 Å². The van der Waals surface area contributed by atoms with Crippen molar-refractivity contribution in [2.75, 3.05) is 13.1 Å². The zero-order chi connectivity index (χ0) is 18.5. The summed E-state index contributed by atoms with van der Waals surface area (Å²) in [5, 5.41) is 9.25. The van der Waals surface area contributed by atoms with Crippen LogP contribution >= 0.6 is 0 Å². The maximum atomic E-state index is 12.9. The molecule has 0 radical (unpaired) electrons. The molecule has 6 nitrogen and oxygen atoms in total. The van der Waals surface area contributed by atoms with Crippen molar-refractivity contribution in [2.45, 2.75) is 19.4 Å². The molecular weight excluding hydrogens is 339 g/mol. The summed E-state index contributed by atoms with van der Waals surface area (Å²) < 4.78 is 23.7. The van der Waals surface area contributed by atoms with Crippen LogP contribution in [-0.4, -0.2) is 29.7 Å². The number of benzene rings is 1. The highest BCUT2D eigenvalue weighted by Gasteiger charge is 2.34. The van der Waals surface area contributed by atoms with Crippen LogP contribution < -0.4 is 4.74 Å². The summed E-state index contributed by atoms with van der Waals surface area (Å²) in [7, 11) is 0. The second-order valence-electron chi connectivity index (χ2n) is 5.97. The Morgan fingerprint density at radius 1 is 1.19 bits per heavy atom. The van der Waals surface area contributed by atoms with Crippen LogP contribution in [0.5, 0.6) is 5.75 Å². The highest BCUT2D eigenvalue weighted by molar-refractivity contribution is 6.10. The molecule has 1 amide bonds. The third-order valence-electron chi connectivity index (χ3n) is 4.16. The number of hydrogen-bond donors (Lipinski definition) is 0. The van der Waals surface area contributed by atoms with Crippen LogP contribution in [0.15, 0.2) is 40.8 Å². The molecule has 134 valence electrons. The quantitative estimate of drug-likeness (QED) is 0.587. The van der Waals surface area contributed by atoms with E-state index in [4.69, 9.17) is 9.15 Å². The fourth-order valence-electron chi connectivity index (χ4n) is 2.76. The molecule has 1 aliphatic rings. The predicted octanol–water partition coefficient (Wildman–Crippen LogP) is 2.94. The Kier molecular flexibility index (Phi) is 5.32. The second kappa shape index (κ2) is 7.83. The van der Waals surface area contributed by atoms with E-state index in [1.165, 1.54) is 35.2 Å². The number of carbonyl (C=O) groups is 2. The number of furan rings is 1. The van der Waals surface area contributed by atoms with Crippen molar-refractivity contribution in [3.63, 3.8) is 0 Å². The van der Waals surface area contributed by atoms with E-state index < -0.39 is 17.6 Å². The first kappa shape index (κ1) is 17.7. The van der Waals surface area contributed by atoms with E-state index in [1.54, 1.807) is 12.1 Å². The van der Waals surface area contributed by atoms with E-state index in [-0.39, 0.29) is 18.2 Å². The van der Waals surface area contributed by atoms with Gasteiger partial charge in [0, 0.05) is 13.1 Å². The van der Waals surface area contributed by atoms with Crippen LogP contribution in [0.25, 0.3) is 0 Å². The topological polar surface area (TPSA) is 83.5 Å². The molecular formula is C19H17FN2O4. The molecule has 2 heterocycles. The monoisotopic (exact) mass is 356 g/mol. The lowest BCUT2D eigenvalue weighted by Crippen LogP contribution is -2.36. The maximum absolute atomic E-state index is 12.9. The Hall–Kier alpha value is -3.14. The van der Waals surface area contributed by atoms with Crippen LogP contribution in [0.3, 0.4) is 0 Å². The van der Waals surface area contributed by atoms with Gasteiger partial charge in [-0.1, -0.05) is 0 Å². The number of amides is 1. The smallest absolute Gasteiger partial charge is 0.248 e. The molecule has 0 spiro atoms. The molecule has 1 fully saturated rings. The Bertz CT molecular complexity index is 832. The fourth-order valence-corrected chi connectivity index (χ4v) is 2.76. The van der Waals surface area contributed by atoms with Gasteiger partial charge in [-0.05, 0) is 49.2 Å². The number of ether oxygens (including phenoxy) is 1. The molecule has 1 aromatic carbocycles. The standard InChI is InChI=1S/C19H17FN2O4/c20-13-3-5-14(6-4-13)25-12-15-7-8-17(26-15)18(23)16(11-21)19(24)22-9-1-2-10-22/h3-8,16H,1-2,9-10,12H2. The van der Waals surface area contributed by atoms with Crippen molar-refractivity contribution in [3.8, 4) is 11.8 Å². The molecule has 2 aromatic rings.